The van der Waals surface area contributed by atoms with Crippen molar-refractivity contribution >= 4 is 40.6 Å². The summed E-state index contributed by atoms with van der Waals surface area (Å²) in [7, 11) is 0. The second-order valence-corrected chi connectivity index (χ2v) is 7.19. The van der Waals surface area contributed by atoms with E-state index in [1.165, 1.54) is 4.88 Å². The van der Waals surface area contributed by atoms with E-state index in [2.05, 4.69) is 5.32 Å². The number of hydrogen-bond donors (Lipinski definition) is 2. The molecule has 0 saturated heterocycles. The summed E-state index contributed by atoms with van der Waals surface area (Å²) in [5.74, 6) is 1.62. The quantitative estimate of drug-likeness (QED) is 0.814. The Morgan fingerprint density at radius 3 is 3.00 bits per heavy atom. The Hall–Kier alpha value is -0.230. The topological polar surface area (TPSA) is 49.3 Å². The number of aliphatic hydroxyl groups excluding tert-OH is 1. The van der Waals surface area contributed by atoms with Crippen LogP contribution in [0.5, 0.6) is 0 Å². The molecule has 1 aromatic heterocycles. The number of rotatable bonds is 7. The highest BCUT2D eigenvalue weighted by atomic mass is 35.5. The van der Waals surface area contributed by atoms with Gasteiger partial charge in [0.15, 0.2) is 0 Å². The number of nitrogens with one attached hydrogen (secondary N) is 1. The van der Waals surface area contributed by atoms with Gasteiger partial charge in [-0.3, -0.25) is 4.79 Å². The molecule has 1 aliphatic carbocycles. The second-order valence-electron chi connectivity index (χ2n) is 4.41. The molecule has 18 heavy (non-hydrogen) atoms. The SMILES string of the molecule is O=C(CSCc1ccc(Cl)s1)NCC(O)C1CC1. The normalized spacial score (nSPS) is 16.6. The van der Waals surface area contributed by atoms with E-state index in [1.54, 1.807) is 23.1 Å². The minimum absolute atomic E-state index is 0.0117. The highest BCUT2D eigenvalue weighted by Crippen LogP contribution is 2.32. The molecule has 1 saturated carbocycles. The lowest BCUT2D eigenvalue weighted by molar-refractivity contribution is -0.119. The van der Waals surface area contributed by atoms with Crippen LogP contribution in [-0.4, -0.2) is 29.4 Å². The van der Waals surface area contributed by atoms with Crippen LogP contribution in [0.4, 0.5) is 0 Å². The van der Waals surface area contributed by atoms with Crippen LogP contribution in [0, 0.1) is 5.92 Å². The number of thioether (sulfide) groups is 1. The molecule has 1 unspecified atom stereocenters. The van der Waals surface area contributed by atoms with E-state index in [0.29, 0.717) is 18.2 Å². The maximum absolute atomic E-state index is 11.5. The van der Waals surface area contributed by atoms with Gasteiger partial charge < -0.3 is 10.4 Å². The maximum Gasteiger partial charge on any atom is 0.230 e. The third-order valence-corrected chi connectivity index (χ3v) is 5.18. The van der Waals surface area contributed by atoms with Crippen LogP contribution < -0.4 is 5.32 Å². The highest BCUT2D eigenvalue weighted by molar-refractivity contribution is 7.99. The van der Waals surface area contributed by atoms with Crippen molar-refractivity contribution in [2.45, 2.75) is 24.7 Å². The van der Waals surface area contributed by atoms with E-state index >= 15 is 0 Å². The molecule has 100 valence electrons. The van der Waals surface area contributed by atoms with Crippen molar-refractivity contribution in [2.75, 3.05) is 12.3 Å². The first-order valence-electron chi connectivity index (χ1n) is 5.92. The Morgan fingerprint density at radius 1 is 1.61 bits per heavy atom. The highest BCUT2D eigenvalue weighted by Gasteiger charge is 2.29. The van der Waals surface area contributed by atoms with Gasteiger partial charge in [-0.1, -0.05) is 11.6 Å². The molecule has 6 heteroatoms. The standard InChI is InChI=1S/C12H16ClNO2S2/c13-11-4-3-9(18-11)6-17-7-12(16)14-5-10(15)8-1-2-8/h3-4,8,10,15H,1-2,5-7H2,(H,14,16). The third kappa shape index (κ3) is 4.80. The minimum atomic E-state index is -0.366. The number of carbonyl (C=O) groups excluding carboxylic acids is 1. The summed E-state index contributed by atoms with van der Waals surface area (Å²) >= 11 is 8.93. The van der Waals surface area contributed by atoms with Crippen molar-refractivity contribution < 1.29 is 9.90 Å². The number of hydrogen-bond acceptors (Lipinski definition) is 4. The molecule has 0 aromatic carbocycles. The van der Waals surface area contributed by atoms with Gasteiger partial charge in [0, 0.05) is 17.2 Å². The molecule has 3 nitrogen and oxygen atoms in total. The van der Waals surface area contributed by atoms with Gasteiger partial charge >= 0.3 is 0 Å². The second kappa shape index (κ2) is 6.80. The molecular formula is C12H16ClNO2S2. The summed E-state index contributed by atoms with van der Waals surface area (Å²) in [6, 6.07) is 3.85. The van der Waals surface area contributed by atoms with Crippen molar-refractivity contribution in [3.05, 3.63) is 21.3 Å². The minimum Gasteiger partial charge on any atom is -0.391 e. The molecular weight excluding hydrogens is 290 g/mol. The number of amides is 1. The third-order valence-electron chi connectivity index (χ3n) is 2.78. The lowest BCUT2D eigenvalue weighted by atomic mass is 10.2. The number of halogens is 1. The van der Waals surface area contributed by atoms with Crippen molar-refractivity contribution in [1.29, 1.82) is 0 Å². The fourth-order valence-corrected chi connectivity index (χ4v) is 3.65. The molecule has 0 aliphatic heterocycles. The van der Waals surface area contributed by atoms with Crippen molar-refractivity contribution in [3.8, 4) is 0 Å². The van der Waals surface area contributed by atoms with Gasteiger partial charge in [0.25, 0.3) is 0 Å². The van der Waals surface area contributed by atoms with Crippen LogP contribution in [0.25, 0.3) is 0 Å². The van der Waals surface area contributed by atoms with E-state index < -0.39 is 0 Å². The average molecular weight is 306 g/mol. The van der Waals surface area contributed by atoms with E-state index in [1.807, 2.05) is 12.1 Å². The van der Waals surface area contributed by atoms with Crippen LogP contribution in [0.1, 0.15) is 17.7 Å². The van der Waals surface area contributed by atoms with Gasteiger partial charge in [-0.15, -0.1) is 23.1 Å². The number of carbonyl (C=O) groups is 1. The maximum atomic E-state index is 11.5. The summed E-state index contributed by atoms with van der Waals surface area (Å²) in [5, 5.41) is 12.4. The van der Waals surface area contributed by atoms with Crippen molar-refractivity contribution in [3.63, 3.8) is 0 Å². The monoisotopic (exact) mass is 305 g/mol. The molecule has 2 rings (SSSR count). The lowest BCUT2D eigenvalue weighted by Gasteiger charge is -2.10. The van der Waals surface area contributed by atoms with Crippen LogP contribution in [0.2, 0.25) is 4.34 Å². The summed E-state index contributed by atoms with van der Waals surface area (Å²) < 4.78 is 0.780. The zero-order chi connectivity index (χ0) is 13.0. The van der Waals surface area contributed by atoms with Crippen molar-refractivity contribution in [1.82, 2.24) is 5.32 Å². The van der Waals surface area contributed by atoms with Crippen LogP contribution in [0.15, 0.2) is 12.1 Å². The lowest BCUT2D eigenvalue weighted by Crippen LogP contribution is -2.34. The zero-order valence-electron chi connectivity index (χ0n) is 9.89. The Balaban J connectivity index is 1.56. The molecule has 1 heterocycles. The molecule has 0 bridgehead atoms. The molecule has 1 fully saturated rings. The largest absolute Gasteiger partial charge is 0.391 e. The Bertz CT molecular complexity index is 407. The first kappa shape index (κ1) is 14.2. The summed E-state index contributed by atoms with van der Waals surface area (Å²) in [6.07, 6.45) is 1.81. The zero-order valence-corrected chi connectivity index (χ0v) is 12.3. The Labute approximate surface area is 120 Å². The van der Waals surface area contributed by atoms with E-state index in [4.69, 9.17) is 11.6 Å². The number of aliphatic hydroxyl groups is 1. The Kier molecular flexibility index (Phi) is 5.36. The van der Waals surface area contributed by atoms with Crippen LogP contribution >= 0.6 is 34.7 Å². The molecule has 1 amide bonds. The summed E-state index contributed by atoms with van der Waals surface area (Å²) in [4.78, 5) is 12.7. The predicted octanol–water partition coefficient (Wildman–Crippen LogP) is 2.52. The summed E-state index contributed by atoms with van der Waals surface area (Å²) in [5.41, 5.74) is 0. The van der Waals surface area contributed by atoms with Gasteiger partial charge in [0.2, 0.25) is 5.91 Å². The van der Waals surface area contributed by atoms with Gasteiger partial charge in [-0.25, -0.2) is 0 Å². The first-order valence-corrected chi connectivity index (χ1v) is 8.27. The molecule has 1 atom stereocenters. The van der Waals surface area contributed by atoms with Gasteiger partial charge in [-0.05, 0) is 30.9 Å². The Morgan fingerprint density at radius 2 is 2.39 bits per heavy atom. The average Bonchev–Trinajstić information content (AvgIpc) is 3.11. The van der Waals surface area contributed by atoms with Crippen LogP contribution in [0.3, 0.4) is 0 Å². The van der Waals surface area contributed by atoms with E-state index in [0.717, 1.165) is 22.9 Å². The molecule has 0 spiro atoms. The smallest absolute Gasteiger partial charge is 0.230 e. The van der Waals surface area contributed by atoms with E-state index in [9.17, 15) is 9.90 Å². The fraction of sp³-hybridized carbons (Fsp3) is 0.583. The van der Waals surface area contributed by atoms with Crippen LogP contribution in [-0.2, 0) is 10.5 Å². The molecule has 0 radical (unpaired) electrons. The molecule has 1 aliphatic rings. The van der Waals surface area contributed by atoms with Gasteiger partial charge in [0.05, 0.1) is 16.2 Å². The predicted molar refractivity (Wildman–Crippen MR) is 77.2 cm³/mol. The molecule has 1 aromatic rings. The number of thiophene rings is 1. The van der Waals surface area contributed by atoms with Gasteiger partial charge in [-0.2, -0.15) is 0 Å². The van der Waals surface area contributed by atoms with Gasteiger partial charge in [0.1, 0.15) is 0 Å². The summed E-state index contributed by atoms with van der Waals surface area (Å²) in [6.45, 7) is 0.384. The first-order chi connectivity index (χ1) is 8.65. The molecule has 2 N–H and O–H groups in total. The fourth-order valence-electron chi connectivity index (χ4n) is 1.59. The van der Waals surface area contributed by atoms with Crippen molar-refractivity contribution in [2.24, 2.45) is 5.92 Å². The van der Waals surface area contributed by atoms with E-state index in [-0.39, 0.29) is 12.0 Å².